The van der Waals surface area contributed by atoms with Crippen LogP contribution in [0.2, 0.25) is 0 Å². The minimum Gasteiger partial charge on any atom is -0.478 e. The van der Waals surface area contributed by atoms with Crippen molar-refractivity contribution in [3.63, 3.8) is 0 Å². The van der Waals surface area contributed by atoms with Crippen LogP contribution < -0.4 is 0 Å². The molecule has 0 aromatic rings. The summed E-state index contributed by atoms with van der Waals surface area (Å²) in [7, 11) is -3.17. The second-order valence-electron chi connectivity index (χ2n) is 7.20. The van der Waals surface area contributed by atoms with Crippen LogP contribution >= 0.6 is 0 Å². The van der Waals surface area contributed by atoms with E-state index in [1.54, 1.807) is 10.4 Å². The number of piperidine rings is 3. The molecule has 6 nitrogen and oxygen atoms in total. The first-order valence-corrected chi connectivity index (χ1v) is 10.3. The Hall–Kier alpha value is -0.920. The maximum atomic E-state index is 12.1. The highest BCUT2D eigenvalue weighted by Crippen LogP contribution is 2.43. The number of carboxylic acids is 1. The van der Waals surface area contributed by atoms with Crippen molar-refractivity contribution in [3.05, 3.63) is 12.2 Å². The summed E-state index contributed by atoms with van der Waals surface area (Å²) in [5, 5.41) is 8.77. The van der Waals surface area contributed by atoms with Crippen molar-refractivity contribution in [3.8, 4) is 0 Å². The van der Waals surface area contributed by atoms with Gasteiger partial charge in [-0.25, -0.2) is 17.5 Å². The predicted octanol–water partition coefficient (Wildman–Crippen LogP) is 1.01. The zero-order valence-electron chi connectivity index (χ0n) is 13.6. The Labute approximate surface area is 138 Å². The minimum absolute atomic E-state index is 0.316. The molecule has 1 N–H and O–H groups in total. The van der Waals surface area contributed by atoms with Gasteiger partial charge in [0, 0.05) is 25.2 Å². The van der Waals surface area contributed by atoms with Crippen LogP contribution in [0.25, 0.3) is 0 Å². The number of aliphatic carboxylic acids is 1. The Morgan fingerprint density at radius 1 is 1.26 bits per heavy atom. The SMILES string of the molecule is CS(=O)(=O)N1CC2CCCN3CCC(C/C=C/C(=O)O)C(C1)C23. The molecule has 7 heteroatoms. The van der Waals surface area contributed by atoms with E-state index in [2.05, 4.69) is 4.90 Å². The average molecular weight is 342 g/mol. The molecule has 0 saturated carbocycles. The van der Waals surface area contributed by atoms with E-state index in [1.807, 2.05) is 0 Å². The first-order valence-electron chi connectivity index (χ1n) is 8.45. The van der Waals surface area contributed by atoms with E-state index in [0.717, 1.165) is 38.8 Å². The Kier molecular flexibility index (Phi) is 4.80. The van der Waals surface area contributed by atoms with Gasteiger partial charge in [-0.05, 0) is 56.5 Å². The van der Waals surface area contributed by atoms with E-state index in [1.165, 1.54) is 12.3 Å². The second-order valence-corrected chi connectivity index (χ2v) is 9.18. The molecule has 130 valence electrons. The van der Waals surface area contributed by atoms with Crippen LogP contribution in [0.15, 0.2) is 12.2 Å². The number of carboxylic acid groups (broad SMARTS) is 1. The summed E-state index contributed by atoms with van der Waals surface area (Å²) in [6.45, 7) is 3.41. The lowest BCUT2D eigenvalue weighted by Crippen LogP contribution is -2.63. The van der Waals surface area contributed by atoms with E-state index in [0.29, 0.717) is 36.9 Å². The fourth-order valence-corrected chi connectivity index (χ4v) is 5.72. The quantitative estimate of drug-likeness (QED) is 0.772. The zero-order valence-corrected chi connectivity index (χ0v) is 14.4. The highest BCUT2D eigenvalue weighted by molar-refractivity contribution is 7.88. The maximum Gasteiger partial charge on any atom is 0.327 e. The van der Waals surface area contributed by atoms with Crippen molar-refractivity contribution in [2.45, 2.75) is 31.7 Å². The van der Waals surface area contributed by atoms with E-state index in [-0.39, 0.29) is 0 Å². The number of nitrogens with zero attached hydrogens (tertiary/aromatic N) is 2. The summed E-state index contributed by atoms with van der Waals surface area (Å²) in [6.07, 6.45) is 8.25. The molecular formula is C16H26N2O4S. The van der Waals surface area contributed by atoms with Gasteiger partial charge in [0.1, 0.15) is 0 Å². The average Bonchev–Trinajstić information content (AvgIpc) is 2.48. The number of hydrogen-bond donors (Lipinski definition) is 1. The van der Waals surface area contributed by atoms with Gasteiger partial charge in [0.05, 0.1) is 6.26 Å². The van der Waals surface area contributed by atoms with Crippen LogP contribution in [0.5, 0.6) is 0 Å². The molecule has 23 heavy (non-hydrogen) atoms. The minimum atomic E-state index is -3.17. The smallest absolute Gasteiger partial charge is 0.327 e. The van der Waals surface area contributed by atoms with Crippen molar-refractivity contribution in [2.75, 3.05) is 32.4 Å². The van der Waals surface area contributed by atoms with E-state index in [9.17, 15) is 13.2 Å². The Morgan fingerprint density at radius 3 is 2.74 bits per heavy atom. The van der Waals surface area contributed by atoms with Crippen LogP contribution in [0.3, 0.4) is 0 Å². The number of carbonyl (C=O) groups is 1. The Balaban J connectivity index is 1.81. The third kappa shape index (κ3) is 3.61. The summed E-state index contributed by atoms with van der Waals surface area (Å²) >= 11 is 0. The van der Waals surface area contributed by atoms with Gasteiger partial charge in [-0.2, -0.15) is 0 Å². The van der Waals surface area contributed by atoms with Crippen molar-refractivity contribution in [2.24, 2.45) is 17.8 Å². The lowest BCUT2D eigenvalue weighted by molar-refractivity contribution is -0.131. The van der Waals surface area contributed by atoms with Gasteiger partial charge in [-0.1, -0.05) is 6.08 Å². The molecular weight excluding hydrogens is 316 g/mol. The monoisotopic (exact) mass is 342 g/mol. The van der Waals surface area contributed by atoms with Crippen LogP contribution in [-0.2, 0) is 14.8 Å². The van der Waals surface area contributed by atoms with E-state index < -0.39 is 16.0 Å². The lowest BCUT2D eigenvalue weighted by atomic mass is 9.68. The molecule has 0 aliphatic carbocycles. The van der Waals surface area contributed by atoms with Crippen molar-refractivity contribution >= 4 is 16.0 Å². The van der Waals surface area contributed by atoms with Crippen LogP contribution in [0.1, 0.15) is 25.7 Å². The van der Waals surface area contributed by atoms with E-state index >= 15 is 0 Å². The highest BCUT2D eigenvalue weighted by atomic mass is 32.2. The number of hydrogen-bond acceptors (Lipinski definition) is 4. The molecule has 4 unspecified atom stereocenters. The van der Waals surface area contributed by atoms with Gasteiger partial charge >= 0.3 is 5.97 Å². The van der Waals surface area contributed by atoms with E-state index in [4.69, 9.17) is 5.11 Å². The number of sulfonamides is 1. The summed E-state index contributed by atoms with van der Waals surface area (Å²) in [6, 6.07) is 0.471. The zero-order chi connectivity index (χ0) is 16.6. The summed E-state index contributed by atoms with van der Waals surface area (Å²) in [5.41, 5.74) is 0. The van der Waals surface area contributed by atoms with Crippen LogP contribution in [0, 0.1) is 17.8 Å². The van der Waals surface area contributed by atoms with Gasteiger partial charge in [-0.3, -0.25) is 4.90 Å². The molecule has 3 saturated heterocycles. The summed E-state index contributed by atoms with van der Waals surface area (Å²) < 4.78 is 25.8. The van der Waals surface area contributed by atoms with Crippen molar-refractivity contribution in [1.29, 1.82) is 0 Å². The summed E-state index contributed by atoms with van der Waals surface area (Å²) in [4.78, 5) is 13.2. The fourth-order valence-electron chi connectivity index (χ4n) is 4.82. The molecule has 3 aliphatic heterocycles. The molecule has 0 aromatic carbocycles. The molecule has 0 amide bonds. The van der Waals surface area contributed by atoms with Gasteiger partial charge in [0.15, 0.2) is 0 Å². The largest absolute Gasteiger partial charge is 0.478 e. The molecule has 0 bridgehead atoms. The van der Waals surface area contributed by atoms with Gasteiger partial charge in [0.2, 0.25) is 10.0 Å². The Bertz CT molecular complexity index is 589. The van der Waals surface area contributed by atoms with Crippen molar-refractivity contribution < 1.29 is 18.3 Å². The molecule has 4 atom stereocenters. The molecule has 3 fully saturated rings. The predicted molar refractivity (Wildman–Crippen MR) is 87.5 cm³/mol. The van der Waals surface area contributed by atoms with Gasteiger partial charge in [0.25, 0.3) is 0 Å². The third-order valence-electron chi connectivity index (χ3n) is 5.78. The first kappa shape index (κ1) is 16.9. The number of rotatable bonds is 4. The van der Waals surface area contributed by atoms with Crippen molar-refractivity contribution in [1.82, 2.24) is 9.21 Å². The topological polar surface area (TPSA) is 77.9 Å². The molecule has 3 rings (SSSR count). The normalized spacial score (nSPS) is 36.0. The van der Waals surface area contributed by atoms with Gasteiger partial charge in [-0.15, -0.1) is 0 Å². The third-order valence-corrected chi connectivity index (χ3v) is 7.01. The van der Waals surface area contributed by atoms with Crippen LogP contribution in [-0.4, -0.2) is 67.2 Å². The maximum absolute atomic E-state index is 12.1. The molecule has 0 radical (unpaired) electrons. The van der Waals surface area contributed by atoms with Crippen LogP contribution in [0.4, 0.5) is 0 Å². The molecule has 0 aromatic heterocycles. The summed E-state index contributed by atoms with van der Waals surface area (Å²) in [5.74, 6) is 0.191. The molecule has 0 spiro atoms. The fraction of sp³-hybridized carbons (Fsp3) is 0.812. The lowest BCUT2D eigenvalue weighted by Gasteiger charge is -2.56. The second kappa shape index (κ2) is 6.53. The molecule has 3 heterocycles. The highest BCUT2D eigenvalue weighted by Gasteiger charge is 2.48. The van der Waals surface area contributed by atoms with Gasteiger partial charge < -0.3 is 5.11 Å². The standard InChI is InChI=1S/C16H26N2O4S/c1-23(21,22)18-10-13-5-3-8-17-9-7-12(4-2-6-15(19)20)14(11-18)16(13)17/h2,6,12-14,16H,3-5,7-11H2,1H3,(H,19,20)/b6-2+. The number of allylic oxidation sites excluding steroid dienone is 1. The Morgan fingerprint density at radius 2 is 2.04 bits per heavy atom. The molecule has 3 aliphatic rings. The first-order chi connectivity index (χ1) is 10.9.